The van der Waals surface area contributed by atoms with E-state index in [0.717, 1.165) is 23.2 Å². The van der Waals surface area contributed by atoms with Crippen LogP contribution in [0, 0.1) is 0 Å². The molecule has 0 radical (unpaired) electrons. The lowest BCUT2D eigenvalue weighted by Gasteiger charge is -2.06. The number of benzene rings is 1. The Labute approximate surface area is 117 Å². The monoisotopic (exact) mass is 312 g/mol. The Hall–Kier alpha value is -0.870. The molecule has 0 aliphatic rings. The molecular formula is C14H21BrN2O. The highest BCUT2D eigenvalue weighted by Gasteiger charge is 2.01. The zero-order chi connectivity index (χ0) is 13.2. The molecule has 1 amide bonds. The van der Waals surface area contributed by atoms with E-state index in [-0.39, 0.29) is 5.91 Å². The van der Waals surface area contributed by atoms with Crippen molar-refractivity contribution in [1.82, 2.24) is 5.32 Å². The lowest BCUT2D eigenvalue weighted by atomic mass is 10.2. The number of hydrogen-bond donors (Lipinski definition) is 2. The summed E-state index contributed by atoms with van der Waals surface area (Å²) >= 11 is 3.38. The minimum atomic E-state index is 0.0519. The first-order chi connectivity index (χ1) is 8.72. The summed E-state index contributed by atoms with van der Waals surface area (Å²) in [4.78, 5) is 11.6. The lowest BCUT2D eigenvalue weighted by molar-refractivity contribution is -0.116. The highest BCUT2D eigenvalue weighted by molar-refractivity contribution is 9.10. The van der Waals surface area contributed by atoms with E-state index >= 15 is 0 Å². The standard InChI is InChI=1S/C14H21BrN2O/c1-2-3-4-9-16-10-8-14(18)17-13-7-5-6-12(15)11-13/h5-7,11,16H,2-4,8-10H2,1H3,(H,17,18). The van der Waals surface area contributed by atoms with Crippen LogP contribution < -0.4 is 10.6 Å². The smallest absolute Gasteiger partial charge is 0.225 e. The molecule has 0 aromatic heterocycles. The first-order valence-electron chi connectivity index (χ1n) is 6.48. The summed E-state index contributed by atoms with van der Waals surface area (Å²) in [5.41, 5.74) is 0.834. The molecule has 0 bridgehead atoms. The number of hydrogen-bond acceptors (Lipinski definition) is 2. The van der Waals surface area contributed by atoms with Gasteiger partial charge in [-0.25, -0.2) is 0 Å². The molecule has 1 aromatic carbocycles. The van der Waals surface area contributed by atoms with Gasteiger partial charge in [-0.2, -0.15) is 0 Å². The second-order valence-electron chi connectivity index (χ2n) is 4.27. The number of halogens is 1. The van der Waals surface area contributed by atoms with E-state index in [1.165, 1.54) is 19.3 Å². The zero-order valence-electron chi connectivity index (χ0n) is 10.8. The second kappa shape index (κ2) is 9.11. The van der Waals surface area contributed by atoms with E-state index in [1.807, 2.05) is 24.3 Å². The van der Waals surface area contributed by atoms with Crippen molar-refractivity contribution in [3.8, 4) is 0 Å². The largest absolute Gasteiger partial charge is 0.326 e. The van der Waals surface area contributed by atoms with E-state index in [0.29, 0.717) is 6.42 Å². The van der Waals surface area contributed by atoms with Crippen molar-refractivity contribution >= 4 is 27.5 Å². The van der Waals surface area contributed by atoms with Crippen LogP contribution >= 0.6 is 15.9 Å². The van der Waals surface area contributed by atoms with Gasteiger partial charge in [0.15, 0.2) is 0 Å². The van der Waals surface area contributed by atoms with Gasteiger partial charge in [-0.15, -0.1) is 0 Å². The van der Waals surface area contributed by atoms with Crippen LogP contribution in [-0.4, -0.2) is 19.0 Å². The Kier molecular flexibility index (Phi) is 7.69. The quantitative estimate of drug-likeness (QED) is 0.721. The van der Waals surface area contributed by atoms with Crippen molar-refractivity contribution in [2.24, 2.45) is 0 Å². The Morgan fingerprint density at radius 2 is 2.11 bits per heavy atom. The van der Waals surface area contributed by atoms with Gasteiger partial charge < -0.3 is 10.6 Å². The summed E-state index contributed by atoms with van der Waals surface area (Å²) in [6, 6.07) is 7.62. The molecule has 0 unspecified atom stereocenters. The molecule has 0 spiro atoms. The molecule has 0 saturated carbocycles. The molecule has 0 fully saturated rings. The molecular weight excluding hydrogens is 292 g/mol. The highest BCUT2D eigenvalue weighted by atomic mass is 79.9. The van der Waals surface area contributed by atoms with Crippen LogP contribution in [0.15, 0.2) is 28.7 Å². The molecule has 1 aromatic rings. The summed E-state index contributed by atoms with van der Waals surface area (Å²) < 4.78 is 0.970. The normalized spacial score (nSPS) is 10.3. The first kappa shape index (κ1) is 15.2. The summed E-state index contributed by atoms with van der Waals surface area (Å²) in [7, 11) is 0. The van der Waals surface area contributed by atoms with E-state index < -0.39 is 0 Å². The first-order valence-corrected chi connectivity index (χ1v) is 7.28. The predicted octanol–water partition coefficient (Wildman–Crippen LogP) is 3.56. The van der Waals surface area contributed by atoms with Gasteiger partial charge in [0.05, 0.1) is 0 Å². The fourth-order valence-corrected chi connectivity index (χ4v) is 2.02. The molecule has 2 N–H and O–H groups in total. The molecule has 0 saturated heterocycles. The number of rotatable bonds is 8. The maximum Gasteiger partial charge on any atom is 0.225 e. The van der Waals surface area contributed by atoms with Crippen LogP contribution in [0.1, 0.15) is 32.6 Å². The van der Waals surface area contributed by atoms with Gasteiger partial charge in [0.1, 0.15) is 0 Å². The lowest BCUT2D eigenvalue weighted by Crippen LogP contribution is -2.22. The number of nitrogens with one attached hydrogen (secondary N) is 2. The van der Waals surface area contributed by atoms with Crippen molar-refractivity contribution < 1.29 is 4.79 Å². The minimum Gasteiger partial charge on any atom is -0.326 e. The molecule has 100 valence electrons. The Bertz CT molecular complexity index is 369. The number of amides is 1. The van der Waals surface area contributed by atoms with Crippen LogP contribution in [0.3, 0.4) is 0 Å². The van der Waals surface area contributed by atoms with E-state index in [1.54, 1.807) is 0 Å². The van der Waals surface area contributed by atoms with Crippen molar-refractivity contribution in [3.63, 3.8) is 0 Å². The van der Waals surface area contributed by atoms with Crippen molar-refractivity contribution in [1.29, 1.82) is 0 Å². The maximum atomic E-state index is 11.6. The predicted molar refractivity (Wildman–Crippen MR) is 79.8 cm³/mol. The number of unbranched alkanes of at least 4 members (excludes halogenated alkanes) is 2. The van der Waals surface area contributed by atoms with Gasteiger partial charge in [0, 0.05) is 23.1 Å². The molecule has 0 aliphatic heterocycles. The zero-order valence-corrected chi connectivity index (χ0v) is 12.4. The molecule has 18 heavy (non-hydrogen) atoms. The van der Waals surface area contributed by atoms with Gasteiger partial charge in [-0.1, -0.05) is 41.8 Å². The second-order valence-corrected chi connectivity index (χ2v) is 5.18. The maximum absolute atomic E-state index is 11.6. The van der Waals surface area contributed by atoms with E-state index in [2.05, 4.69) is 33.5 Å². The van der Waals surface area contributed by atoms with Crippen LogP contribution in [0.25, 0.3) is 0 Å². The van der Waals surface area contributed by atoms with Gasteiger partial charge >= 0.3 is 0 Å². The van der Waals surface area contributed by atoms with Crippen LogP contribution in [0.2, 0.25) is 0 Å². The van der Waals surface area contributed by atoms with Crippen molar-refractivity contribution in [3.05, 3.63) is 28.7 Å². The SMILES string of the molecule is CCCCCNCCC(=O)Nc1cccc(Br)c1. The summed E-state index contributed by atoms with van der Waals surface area (Å²) in [5, 5.41) is 6.15. The van der Waals surface area contributed by atoms with Crippen LogP contribution in [0.4, 0.5) is 5.69 Å². The molecule has 0 aliphatic carbocycles. The van der Waals surface area contributed by atoms with Crippen LogP contribution in [0.5, 0.6) is 0 Å². The van der Waals surface area contributed by atoms with Gasteiger partial charge in [0.2, 0.25) is 5.91 Å². The van der Waals surface area contributed by atoms with Crippen molar-refractivity contribution in [2.45, 2.75) is 32.6 Å². The van der Waals surface area contributed by atoms with Gasteiger partial charge in [0.25, 0.3) is 0 Å². The number of anilines is 1. The number of carbonyl (C=O) groups excluding carboxylic acids is 1. The topological polar surface area (TPSA) is 41.1 Å². The van der Waals surface area contributed by atoms with E-state index in [9.17, 15) is 4.79 Å². The molecule has 3 nitrogen and oxygen atoms in total. The highest BCUT2D eigenvalue weighted by Crippen LogP contribution is 2.15. The van der Waals surface area contributed by atoms with E-state index in [4.69, 9.17) is 0 Å². The molecule has 0 heterocycles. The summed E-state index contributed by atoms with van der Waals surface area (Å²) in [6.45, 7) is 3.92. The van der Waals surface area contributed by atoms with Crippen LogP contribution in [-0.2, 0) is 4.79 Å². The Morgan fingerprint density at radius 3 is 2.83 bits per heavy atom. The molecule has 1 rings (SSSR count). The number of carbonyl (C=O) groups is 1. The average Bonchev–Trinajstić information content (AvgIpc) is 2.33. The Morgan fingerprint density at radius 1 is 1.28 bits per heavy atom. The fourth-order valence-electron chi connectivity index (χ4n) is 1.62. The van der Waals surface area contributed by atoms with Gasteiger partial charge in [-0.05, 0) is 31.2 Å². The summed E-state index contributed by atoms with van der Waals surface area (Å²) in [6.07, 6.45) is 4.17. The van der Waals surface area contributed by atoms with Gasteiger partial charge in [-0.3, -0.25) is 4.79 Å². The minimum absolute atomic E-state index is 0.0519. The molecule has 4 heteroatoms. The summed E-state index contributed by atoms with van der Waals surface area (Å²) in [5.74, 6) is 0.0519. The third-order valence-electron chi connectivity index (χ3n) is 2.59. The third kappa shape index (κ3) is 6.77. The Balaban J connectivity index is 2.14. The average molecular weight is 313 g/mol. The molecule has 0 atom stereocenters. The third-order valence-corrected chi connectivity index (χ3v) is 3.09. The van der Waals surface area contributed by atoms with Crippen molar-refractivity contribution in [2.75, 3.05) is 18.4 Å². The fraction of sp³-hybridized carbons (Fsp3) is 0.500.